The molecular formula is C20H26NO+. The van der Waals surface area contributed by atoms with Crippen molar-refractivity contribution in [1.29, 1.82) is 0 Å². The highest BCUT2D eigenvalue weighted by atomic mass is 16.3. The number of hydrogen-bond donors (Lipinski definition) is 2. The van der Waals surface area contributed by atoms with Crippen LogP contribution in [0.15, 0.2) is 60.7 Å². The fourth-order valence-corrected chi connectivity index (χ4v) is 4.08. The van der Waals surface area contributed by atoms with Crippen LogP contribution >= 0.6 is 0 Å². The molecule has 1 fully saturated rings. The summed E-state index contributed by atoms with van der Waals surface area (Å²) < 4.78 is 0. The fraction of sp³-hybridized carbons (Fsp3) is 0.400. The summed E-state index contributed by atoms with van der Waals surface area (Å²) in [6.45, 7) is 4.20. The summed E-state index contributed by atoms with van der Waals surface area (Å²) in [5.74, 6) is 0.273. The summed E-state index contributed by atoms with van der Waals surface area (Å²) >= 11 is 0. The Bertz CT molecular complexity index is 594. The second-order valence-corrected chi connectivity index (χ2v) is 6.72. The van der Waals surface area contributed by atoms with Crippen LogP contribution in [0, 0.1) is 5.92 Å². The lowest BCUT2D eigenvalue weighted by atomic mass is 9.71. The molecule has 0 bridgehead atoms. The molecule has 0 amide bonds. The van der Waals surface area contributed by atoms with E-state index >= 15 is 0 Å². The van der Waals surface area contributed by atoms with Crippen LogP contribution < -0.4 is 5.32 Å². The average Bonchev–Trinajstić information content (AvgIpc) is 2.55. The van der Waals surface area contributed by atoms with Crippen molar-refractivity contribution in [3.8, 4) is 0 Å². The summed E-state index contributed by atoms with van der Waals surface area (Å²) in [6.07, 6.45) is 1.80. The predicted molar refractivity (Wildman–Crippen MR) is 89.3 cm³/mol. The topological polar surface area (TPSA) is 36.8 Å². The van der Waals surface area contributed by atoms with Gasteiger partial charge in [0, 0.05) is 23.5 Å². The largest absolute Gasteiger partial charge is 0.389 e. The van der Waals surface area contributed by atoms with Crippen LogP contribution in [0.25, 0.3) is 0 Å². The Hall–Kier alpha value is -1.64. The minimum Gasteiger partial charge on any atom is -0.389 e. The third-order valence-electron chi connectivity index (χ3n) is 5.16. The van der Waals surface area contributed by atoms with Crippen molar-refractivity contribution in [1.82, 2.24) is 0 Å². The maximum atomic E-state index is 11.1. The number of piperidine rings is 1. The molecule has 3 rings (SSSR count). The Morgan fingerprint density at radius 3 is 2.09 bits per heavy atom. The highest BCUT2D eigenvalue weighted by Crippen LogP contribution is 2.40. The molecule has 2 heteroatoms. The Morgan fingerprint density at radius 2 is 1.55 bits per heavy atom. The average molecular weight is 296 g/mol. The van der Waals surface area contributed by atoms with Crippen molar-refractivity contribution in [3.63, 3.8) is 0 Å². The second-order valence-electron chi connectivity index (χ2n) is 6.72. The van der Waals surface area contributed by atoms with Gasteiger partial charge in [0.2, 0.25) is 0 Å². The van der Waals surface area contributed by atoms with Gasteiger partial charge in [0.05, 0.1) is 5.60 Å². The molecule has 116 valence electrons. The number of rotatable bonds is 3. The zero-order valence-corrected chi connectivity index (χ0v) is 13.4. The molecule has 3 N–H and O–H groups in total. The minimum atomic E-state index is -0.634. The molecule has 0 spiro atoms. The van der Waals surface area contributed by atoms with Crippen molar-refractivity contribution < 1.29 is 10.4 Å². The zero-order chi connectivity index (χ0) is 15.6. The minimum absolute atomic E-state index is 0.273. The second kappa shape index (κ2) is 6.23. The molecule has 1 aliphatic rings. The van der Waals surface area contributed by atoms with Crippen LogP contribution in [0.4, 0.5) is 0 Å². The molecular weight excluding hydrogens is 270 g/mol. The molecule has 0 aliphatic carbocycles. The maximum absolute atomic E-state index is 11.1. The van der Waals surface area contributed by atoms with Gasteiger partial charge in [0.1, 0.15) is 12.1 Å². The summed E-state index contributed by atoms with van der Waals surface area (Å²) in [4.78, 5) is 0. The van der Waals surface area contributed by atoms with Gasteiger partial charge in [-0.3, -0.25) is 0 Å². The number of quaternary nitrogens is 1. The number of aliphatic hydroxyl groups is 1. The highest BCUT2D eigenvalue weighted by Gasteiger charge is 2.47. The molecule has 4 atom stereocenters. The van der Waals surface area contributed by atoms with Gasteiger partial charge < -0.3 is 10.4 Å². The molecule has 2 aromatic carbocycles. The molecule has 0 saturated carbocycles. The monoisotopic (exact) mass is 296 g/mol. The quantitative estimate of drug-likeness (QED) is 0.896. The van der Waals surface area contributed by atoms with Gasteiger partial charge in [0.25, 0.3) is 0 Å². The lowest BCUT2D eigenvalue weighted by Gasteiger charge is -2.44. The van der Waals surface area contributed by atoms with E-state index in [-0.39, 0.29) is 5.92 Å². The molecule has 22 heavy (non-hydrogen) atoms. The molecule has 1 heterocycles. The van der Waals surface area contributed by atoms with Gasteiger partial charge in [-0.1, -0.05) is 67.6 Å². The third-order valence-corrected chi connectivity index (χ3v) is 5.16. The first-order chi connectivity index (χ1) is 10.6. The van der Waals surface area contributed by atoms with Gasteiger partial charge in [-0.25, -0.2) is 0 Å². The molecule has 0 radical (unpaired) electrons. The van der Waals surface area contributed by atoms with E-state index in [2.05, 4.69) is 66.8 Å². The summed E-state index contributed by atoms with van der Waals surface area (Å²) in [7, 11) is 0. The van der Waals surface area contributed by atoms with E-state index in [9.17, 15) is 5.11 Å². The van der Waals surface area contributed by atoms with E-state index in [1.54, 1.807) is 0 Å². The van der Waals surface area contributed by atoms with Crippen LogP contribution in [0.1, 0.15) is 49.9 Å². The Morgan fingerprint density at radius 1 is 1.00 bits per heavy atom. The van der Waals surface area contributed by atoms with Crippen molar-refractivity contribution in [2.75, 3.05) is 0 Å². The first-order valence-corrected chi connectivity index (χ1v) is 8.29. The number of benzene rings is 2. The fourth-order valence-electron chi connectivity index (χ4n) is 4.08. The first-order valence-electron chi connectivity index (χ1n) is 8.29. The SMILES string of the molecule is CC[C@@H]1[C@@H](c2ccccc2)[NH2+][C@H](c2ccccc2)C[C@@]1(C)O. The molecule has 0 unspecified atom stereocenters. The van der Waals surface area contributed by atoms with Crippen LogP contribution in [-0.2, 0) is 0 Å². The normalized spacial score (nSPS) is 31.9. The van der Waals surface area contributed by atoms with Crippen molar-refractivity contribution in [2.24, 2.45) is 5.92 Å². The first kappa shape index (κ1) is 15.3. The lowest BCUT2D eigenvalue weighted by molar-refractivity contribution is -0.756. The summed E-state index contributed by atoms with van der Waals surface area (Å²) in [5.41, 5.74) is 1.98. The summed E-state index contributed by atoms with van der Waals surface area (Å²) in [5, 5.41) is 13.5. The van der Waals surface area contributed by atoms with Crippen molar-refractivity contribution >= 4 is 0 Å². The molecule has 0 aromatic heterocycles. The van der Waals surface area contributed by atoms with Crippen LogP contribution in [-0.4, -0.2) is 10.7 Å². The molecule has 2 nitrogen and oxygen atoms in total. The van der Waals surface area contributed by atoms with Gasteiger partial charge in [-0.05, 0) is 13.3 Å². The van der Waals surface area contributed by atoms with E-state index in [1.807, 2.05) is 13.0 Å². The third kappa shape index (κ3) is 2.94. The van der Waals surface area contributed by atoms with E-state index in [0.29, 0.717) is 12.1 Å². The van der Waals surface area contributed by atoms with E-state index in [4.69, 9.17) is 0 Å². The highest BCUT2D eigenvalue weighted by molar-refractivity contribution is 5.22. The molecule has 1 saturated heterocycles. The van der Waals surface area contributed by atoms with Gasteiger partial charge in [0.15, 0.2) is 0 Å². The summed E-state index contributed by atoms with van der Waals surface area (Å²) in [6, 6.07) is 21.8. The maximum Gasteiger partial charge on any atom is 0.118 e. The van der Waals surface area contributed by atoms with Crippen LogP contribution in [0.2, 0.25) is 0 Å². The van der Waals surface area contributed by atoms with E-state index < -0.39 is 5.60 Å². The molecule has 2 aromatic rings. The van der Waals surface area contributed by atoms with Gasteiger partial charge in [-0.2, -0.15) is 0 Å². The van der Waals surface area contributed by atoms with Crippen molar-refractivity contribution in [2.45, 2.75) is 44.4 Å². The van der Waals surface area contributed by atoms with E-state index in [0.717, 1.165) is 12.8 Å². The molecule has 1 aliphatic heterocycles. The van der Waals surface area contributed by atoms with Gasteiger partial charge >= 0.3 is 0 Å². The lowest BCUT2D eigenvalue weighted by Crippen LogP contribution is -2.91. The number of hydrogen-bond acceptors (Lipinski definition) is 1. The Labute approximate surface area is 133 Å². The van der Waals surface area contributed by atoms with Crippen molar-refractivity contribution in [3.05, 3.63) is 71.8 Å². The number of nitrogens with two attached hydrogens (primary N) is 1. The van der Waals surface area contributed by atoms with Crippen LogP contribution in [0.5, 0.6) is 0 Å². The van der Waals surface area contributed by atoms with Gasteiger partial charge in [-0.15, -0.1) is 0 Å². The van der Waals surface area contributed by atoms with E-state index in [1.165, 1.54) is 11.1 Å². The predicted octanol–water partition coefficient (Wildman–Crippen LogP) is 3.21. The zero-order valence-electron chi connectivity index (χ0n) is 13.4. The Kier molecular flexibility index (Phi) is 4.32. The smallest absolute Gasteiger partial charge is 0.118 e. The standard InChI is InChI=1S/C20H25NO/c1-3-17-19(16-12-8-5-9-13-16)21-18(14-20(17,2)22)15-10-6-4-7-11-15/h4-13,17-19,21-22H,3,14H2,1-2H3/p+1/t17-,18+,19-,20-/m1/s1. The van der Waals surface area contributed by atoms with Crippen LogP contribution in [0.3, 0.4) is 0 Å². The Balaban J connectivity index is 1.95.